The SMILES string of the molecule is CC[C@@]1(O)CC[C@H]2[C@H](CC[C@@H]3[C@@H]2CC[C@]2(C)[C@@H](C(=O)Cc4ccc[nH]4)CC[C@@H]32)C1. The molecule has 3 heteroatoms. The molecule has 0 spiro atoms. The molecule has 160 valence electrons. The molecular formula is C26H39NO2. The van der Waals surface area contributed by atoms with Gasteiger partial charge in [0.1, 0.15) is 5.78 Å². The third-order valence-corrected chi connectivity index (χ3v) is 10.2. The fourth-order valence-corrected chi connectivity index (χ4v) is 8.60. The Hall–Kier alpha value is -1.09. The van der Waals surface area contributed by atoms with Crippen molar-refractivity contribution < 1.29 is 9.90 Å². The molecule has 0 amide bonds. The number of Topliss-reactive ketones (excluding diaryl/α,β-unsaturated/α-hetero) is 1. The monoisotopic (exact) mass is 397 g/mol. The molecule has 0 bridgehead atoms. The number of ketones is 1. The lowest BCUT2D eigenvalue weighted by Crippen LogP contribution is -2.51. The lowest BCUT2D eigenvalue weighted by Gasteiger charge is -2.57. The summed E-state index contributed by atoms with van der Waals surface area (Å²) in [6.07, 6.45) is 14.3. The predicted molar refractivity (Wildman–Crippen MR) is 115 cm³/mol. The Bertz CT molecular complexity index is 742. The second-order valence-corrected chi connectivity index (χ2v) is 11.3. The van der Waals surface area contributed by atoms with Crippen molar-refractivity contribution in [3.63, 3.8) is 0 Å². The first-order valence-electron chi connectivity index (χ1n) is 12.3. The molecule has 1 heterocycles. The van der Waals surface area contributed by atoms with Crippen molar-refractivity contribution in [1.29, 1.82) is 0 Å². The van der Waals surface area contributed by atoms with Crippen LogP contribution in [0.1, 0.15) is 83.7 Å². The molecule has 8 atom stereocenters. The number of aromatic nitrogens is 1. The van der Waals surface area contributed by atoms with E-state index in [1.165, 1.54) is 38.5 Å². The van der Waals surface area contributed by atoms with Crippen LogP contribution >= 0.6 is 0 Å². The number of aliphatic hydroxyl groups is 1. The summed E-state index contributed by atoms with van der Waals surface area (Å²) in [5.41, 5.74) is 0.901. The number of hydrogen-bond acceptors (Lipinski definition) is 2. The fourth-order valence-electron chi connectivity index (χ4n) is 8.60. The highest BCUT2D eigenvalue weighted by Gasteiger charge is 2.58. The van der Waals surface area contributed by atoms with E-state index < -0.39 is 0 Å². The van der Waals surface area contributed by atoms with Crippen molar-refractivity contribution in [3.8, 4) is 0 Å². The van der Waals surface area contributed by atoms with Crippen LogP contribution in [0.3, 0.4) is 0 Å². The molecule has 0 saturated heterocycles. The smallest absolute Gasteiger partial charge is 0.142 e. The van der Waals surface area contributed by atoms with Crippen LogP contribution < -0.4 is 0 Å². The van der Waals surface area contributed by atoms with Crippen molar-refractivity contribution in [1.82, 2.24) is 4.98 Å². The molecular weight excluding hydrogens is 358 g/mol. The zero-order valence-electron chi connectivity index (χ0n) is 18.3. The topological polar surface area (TPSA) is 53.1 Å². The quantitative estimate of drug-likeness (QED) is 0.701. The van der Waals surface area contributed by atoms with Gasteiger partial charge < -0.3 is 10.1 Å². The Morgan fingerprint density at radius 2 is 1.93 bits per heavy atom. The number of aromatic amines is 1. The van der Waals surface area contributed by atoms with Gasteiger partial charge in [-0.3, -0.25) is 4.79 Å². The van der Waals surface area contributed by atoms with Gasteiger partial charge in [-0.1, -0.05) is 13.8 Å². The number of rotatable bonds is 4. The number of nitrogens with one attached hydrogen (secondary N) is 1. The van der Waals surface area contributed by atoms with Gasteiger partial charge in [0.25, 0.3) is 0 Å². The summed E-state index contributed by atoms with van der Waals surface area (Å²) in [5.74, 6) is 4.72. The summed E-state index contributed by atoms with van der Waals surface area (Å²) in [5, 5.41) is 10.9. The van der Waals surface area contributed by atoms with Crippen molar-refractivity contribution in [2.75, 3.05) is 0 Å². The van der Waals surface area contributed by atoms with Crippen molar-refractivity contribution in [2.24, 2.45) is 40.9 Å². The first kappa shape index (κ1) is 19.8. The normalized spacial score (nSPS) is 46.6. The zero-order chi connectivity index (χ0) is 20.2. The molecule has 4 aliphatic rings. The first-order valence-corrected chi connectivity index (χ1v) is 12.3. The summed E-state index contributed by atoms with van der Waals surface area (Å²) in [7, 11) is 0. The maximum absolute atomic E-state index is 13.2. The molecule has 1 aromatic heterocycles. The Morgan fingerprint density at radius 1 is 1.10 bits per heavy atom. The fraction of sp³-hybridized carbons (Fsp3) is 0.808. The van der Waals surface area contributed by atoms with Crippen LogP contribution in [0.5, 0.6) is 0 Å². The molecule has 1 aromatic rings. The van der Waals surface area contributed by atoms with E-state index in [2.05, 4.69) is 18.8 Å². The van der Waals surface area contributed by atoms with E-state index in [0.717, 1.165) is 61.0 Å². The van der Waals surface area contributed by atoms with Crippen LogP contribution in [-0.2, 0) is 11.2 Å². The minimum absolute atomic E-state index is 0.219. The summed E-state index contributed by atoms with van der Waals surface area (Å²) >= 11 is 0. The molecule has 5 rings (SSSR count). The maximum atomic E-state index is 13.2. The number of hydrogen-bond donors (Lipinski definition) is 2. The lowest BCUT2D eigenvalue weighted by atomic mass is 9.48. The Balaban J connectivity index is 1.31. The Morgan fingerprint density at radius 3 is 2.69 bits per heavy atom. The second-order valence-electron chi connectivity index (χ2n) is 11.3. The molecule has 2 N–H and O–H groups in total. The highest BCUT2D eigenvalue weighted by molar-refractivity contribution is 5.84. The largest absolute Gasteiger partial charge is 0.390 e. The van der Waals surface area contributed by atoms with E-state index >= 15 is 0 Å². The van der Waals surface area contributed by atoms with E-state index in [1.807, 2.05) is 18.3 Å². The van der Waals surface area contributed by atoms with Crippen LogP contribution in [0.4, 0.5) is 0 Å². The van der Waals surface area contributed by atoms with Crippen molar-refractivity contribution in [3.05, 3.63) is 24.0 Å². The van der Waals surface area contributed by atoms with Crippen LogP contribution in [-0.4, -0.2) is 21.5 Å². The Kier molecular flexibility index (Phi) is 4.96. The van der Waals surface area contributed by atoms with Gasteiger partial charge in [-0.15, -0.1) is 0 Å². The van der Waals surface area contributed by atoms with Crippen molar-refractivity contribution >= 4 is 5.78 Å². The van der Waals surface area contributed by atoms with Gasteiger partial charge in [-0.05, 0) is 111 Å². The Labute approximate surface area is 176 Å². The third-order valence-electron chi connectivity index (χ3n) is 10.2. The number of carbonyl (C=O) groups excluding carboxylic acids is 1. The highest BCUT2D eigenvalue weighted by atomic mass is 16.3. The predicted octanol–water partition coefficient (Wildman–Crippen LogP) is 5.54. The van der Waals surface area contributed by atoms with E-state index in [1.54, 1.807) is 0 Å². The maximum Gasteiger partial charge on any atom is 0.142 e. The lowest BCUT2D eigenvalue weighted by molar-refractivity contribution is -0.132. The van der Waals surface area contributed by atoms with Gasteiger partial charge in [0, 0.05) is 24.2 Å². The van der Waals surface area contributed by atoms with Gasteiger partial charge in [0.15, 0.2) is 0 Å². The van der Waals surface area contributed by atoms with Gasteiger partial charge in [0.05, 0.1) is 5.60 Å². The van der Waals surface area contributed by atoms with E-state index in [-0.39, 0.29) is 16.9 Å². The standard InChI is InChI=1S/C26H39NO2/c1-3-26(29)13-11-19-17(16-26)6-7-21-20(19)10-12-25(2)22(21)8-9-23(25)24(28)15-18-5-4-14-27-18/h4-5,14,17,19-23,27,29H,3,6-13,15-16H2,1-2H3/t17-,19+,20-,21-,22+,23-,25+,26-/m1/s1. The number of H-pyrrole nitrogens is 1. The van der Waals surface area contributed by atoms with Crippen LogP contribution in [0, 0.1) is 40.9 Å². The van der Waals surface area contributed by atoms with Crippen LogP contribution in [0.25, 0.3) is 0 Å². The molecule has 0 aliphatic heterocycles. The van der Waals surface area contributed by atoms with E-state index in [4.69, 9.17) is 0 Å². The molecule has 0 aromatic carbocycles. The molecule has 29 heavy (non-hydrogen) atoms. The van der Waals surface area contributed by atoms with Crippen LogP contribution in [0.2, 0.25) is 0 Å². The van der Waals surface area contributed by atoms with Gasteiger partial charge in [-0.25, -0.2) is 0 Å². The van der Waals surface area contributed by atoms with Crippen LogP contribution in [0.15, 0.2) is 18.3 Å². The van der Waals surface area contributed by atoms with E-state index in [0.29, 0.717) is 12.2 Å². The third kappa shape index (κ3) is 3.23. The van der Waals surface area contributed by atoms with E-state index in [9.17, 15) is 9.90 Å². The van der Waals surface area contributed by atoms with Gasteiger partial charge >= 0.3 is 0 Å². The first-order chi connectivity index (χ1) is 13.9. The summed E-state index contributed by atoms with van der Waals surface area (Å²) in [6, 6.07) is 4.04. The molecule has 4 saturated carbocycles. The summed E-state index contributed by atoms with van der Waals surface area (Å²) < 4.78 is 0. The minimum atomic E-state index is -0.389. The average Bonchev–Trinajstić information content (AvgIpc) is 3.34. The van der Waals surface area contributed by atoms with Crippen molar-refractivity contribution in [2.45, 2.75) is 90.1 Å². The molecule has 3 nitrogen and oxygen atoms in total. The molecule has 0 radical (unpaired) electrons. The molecule has 0 unspecified atom stereocenters. The highest BCUT2D eigenvalue weighted by Crippen LogP contribution is 2.64. The summed E-state index contributed by atoms with van der Waals surface area (Å²) in [4.78, 5) is 16.4. The molecule has 4 fully saturated rings. The molecule has 4 aliphatic carbocycles. The van der Waals surface area contributed by atoms with Gasteiger partial charge in [0.2, 0.25) is 0 Å². The average molecular weight is 398 g/mol. The zero-order valence-corrected chi connectivity index (χ0v) is 18.3. The number of fused-ring (bicyclic) bond motifs is 5. The second kappa shape index (κ2) is 7.25. The van der Waals surface area contributed by atoms with Gasteiger partial charge in [-0.2, -0.15) is 0 Å². The minimum Gasteiger partial charge on any atom is -0.390 e. The summed E-state index contributed by atoms with van der Waals surface area (Å²) in [6.45, 7) is 4.61. The number of carbonyl (C=O) groups is 1.